The first-order chi connectivity index (χ1) is 7.61. The Bertz CT molecular complexity index is 551. The molecule has 0 saturated heterocycles. The molecule has 2 N–H and O–H groups in total. The van der Waals surface area contributed by atoms with Crippen LogP contribution in [0.15, 0.2) is 23.6 Å². The summed E-state index contributed by atoms with van der Waals surface area (Å²) in [5.74, 6) is -1.95. The van der Waals surface area contributed by atoms with Crippen molar-refractivity contribution in [2.24, 2.45) is 0 Å². The molecule has 5 heteroatoms. The van der Waals surface area contributed by atoms with Crippen LogP contribution in [0.4, 0.5) is 14.5 Å². The van der Waals surface area contributed by atoms with Gasteiger partial charge in [0.05, 0.1) is 4.88 Å². The third-order valence-electron chi connectivity index (χ3n) is 2.10. The van der Waals surface area contributed by atoms with E-state index in [-0.39, 0.29) is 11.3 Å². The minimum atomic E-state index is -0.992. The van der Waals surface area contributed by atoms with Gasteiger partial charge >= 0.3 is 0 Å². The van der Waals surface area contributed by atoms with Crippen LogP contribution < -0.4 is 5.73 Å². The maximum absolute atomic E-state index is 13.5. The Balaban J connectivity index is 2.58. The molecule has 2 nitrogen and oxygen atoms in total. The van der Waals surface area contributed by atoms with E-state index in [2.05, 4.69) is 0 Å². The van der Waals surface area contributed by atoms with Gasteiger partial charge in [-0.2, -0.15) is 0 Å². The van der Waals surface area contributed by atoms with E-state index in [9.17, 15) is 13.6 Å². The number of halogens is 2. The van der Waals surface area contributed by atoms with Crippen molar-refractivity contribution < 1.29 is 13.6 Å². The van der Waals surface area contributed by atoms with E-state index in [0.29, 0.717) is 16.7 Å². The van der Waals surface area contributed by atoms with Gasteiger partial charge in [0.2, 0.25) is 0 Å². The normalized spacial score (nSPS) is 10.4. The Morgan fingerprint density at radius 1 is 1.25 bits per heavy atom. The number of nitrogen functional groups attached to an aromatic ring is 1. The van der Waals surface area contributed by atoms with Crippen LogP contribution in [0.25, 0.3) is 11.1 Å². The second-order valence-electron chi connectivity index (χ2n) is 3.22. The highest BCUT2D eigenvalue weighted by Crippen LogP contribution is 2.30. The van der Waals surface area contributed by atoms with Crippen LogP contribution in [-0.2, 0) is 0 Å². The Labute approximate surface area is 94.3 Å². The number of carbonyl (C=O) groups excluding carboxylic acids is 1. The lowest BCUT2D eigenvalue weighted by Crippen LogP contribution is -1.93. The topological polar surface area (TPSA) is 43.1 Å². The molecule has 0 aliphatic heterocycles. The first-order valence-corrected chi connectivity index (χ1v) is 5.28. The highest BCUT2D eigenvalue weighted by atomic mass is 32.1. The summed E-state index contributed by atoms with van der Waals surface area (Å²) < 4.78 is 26.6. The summed E-state index contributed by atoms with van der Waals surface area (Å²) >= 11 is 1.17. The van der Waals surface area contributed by atoms with Crippen LogP contribution >= 0.6 is 11.3 Å². The molecule has 0 atom stereocenters. The summed E-state index contributed by atoms with van der Waals surface area (Å²) in [6.45, 7) is 0. The molecule has 1 aromatic heterocycles. The van der Waals surface area contributed by atoms with Gasteiger partial charge in [0.1, 0.15) is 0 Å². The number of thiophene rings is 1. The zero-order valence-corrected chi connectivity index (χ0v) is 8.85. The van der Waals surface area contributed by atoms with Crippen molar-refractivity contribution in [1.29, 1.82) is 0 Å². The van der Waals surface area contributed by atoms with Crippen molar-refractivity contribution in [1.82, 2.24) is 0 Å². The summed E-state index contributed by atoms with van der Waals surface area (Å²) in [4.78, 5) is 10.9. The van der Waals surface area contributed by atoms with Gasteiger partial charge in [-0.3, -0.25) is 4.79 Å². The van der Waals surface area contributed by atoms with E-state index < -0.39 is 11.6 Å². The van der Waals surface area contributed by atoms with E-state index in [1.165, 1.54) is 23.5 Å². The van der Waals surface area contributed by atoms with Gasteiger partial charge in [0, 0.05) is 11.3 Å². The Morgan fingerprint density at radius 3 is 2.62 bits per heavy atom. The fourth-order valence-corrected chi connectivity index (χ4v) is 2.08. The molecule has 0 saturated carbocycles. The lowest BCUT2D eigenvalue weighted by atomic mass is 10.1. The van der Waals surface area contributed by atoms with E-state index in [1.807, 2.05) is 0 Å². The predicted octanol–water partition coefficient (Wildman–Crippen LogP) is 3.09. The highest BCUT2D eigenvalue weighted by molar-refractivity contribution is 7.12. The first kappa shape index (κ1) is 10.8. The third-order valence-corrected chi connectivity index (χ3v) is 2.96. The fraction of sp³-hybridized carbons (Fsp3) is 0. The van der Waals surface area contributed by atoms with Crippen LogP contribution in [0.5, 0.6) is 0 Å². The highest BCUT2D eigenvalue weighted by Gasteiger charge is 2.12. The zero-order valence-electron chi connectivity index (χ0n) is 8.04. The average molecular weight is 239 g/mol. The van der Waals surface area contributed by atoms with E-state index in [1.54, 1.807) is 5.38 Å². The summed E-state index contributed by atoms with van der Waals surface area (Å²) in [7, 11) is 0. The smallest absolute Gasteiger partial charge is 0.166 e. The molecule has 0 aliphatic rings. The number of aldehydes is 1. The number of anilines is 1. The maximum Gasteiger partial charge on any atom is 0.166 e. The van der Waals surface area contributed by atoms with Crippen LogP contribution in [0.2, 0.25) is 0 Å². The number of carbonyl (C=O) groups is 1. The molecule has 0 unspecified atom stereocenters. The molecule has 16 heavy (non-hydrogen) atoms. The second kappa shape index (κ2) is 4.02. The number of benzene rings is 1. The minimum Gasteiger partial charge on any atom is -0.399 e. The Morgan fingerprint density at radius 2 is 2.00 bits per heavy atom. The minimum absolute atomic E-state index is 0.0712. The first-order valence-electron chi connectivity index (χ1n) is 4.40. The van der Waals surface area contributed by atoms with Crippen LogP contribution in [0, 0.1) is 11.6 Å². The molecule has 0 spiro atoms. The molecule has 1 aromatic carbocycles. The third kappa shape index (κ3) is 1.81. The second-order valence-corrected chi connectivity index (χ2v) is 4.16. The van der Waals surface area contributed by atoms with Crippen LogP contribution in [-0.4, -0.2) is 6.29 Å². The molecule has 0 radical (unpaired) electrons. The molecule has 0 amide bonds. The van der Waals surface area contributed by atoms with Crippen LogP contribution in [0.1, 0.15) is 9.67 Å². The number of nitrogens with two attached hydrogens (primary N) is 1. The van der Waals surface area contributed by atoms with Gasteiger partial charge in [-0.1, -0.05) is 0 Å². The zero-order chi connectivity index (χ0) is 11.7. The summed E-state index contributed by atoms with van der Waals surface area (Å²) in [5, 5.41) is 1.58. The van der Waals surface area contributed by atoms with Crippen molar-refractivity contribution in [2.75, 3.05) is 5.73 Å². The van der Waals surface area contributed by atoms with E-state index >= 15 is 0 Å². The fourth-order valence-electron chi connectivity index (χ4n) is 1.38. The summed E-state index contributed by atoms with van der Waals surface area (Å²) in [6.07, 6.45) is 0.661. The lowest BCUT2D eigenvalue weighted by molar-refractivity contribution is 0.112. The van der Waals surface area contributed by atoms with Crippen LogP contribution in [0.3, 0.4) is 0 Å². The Hall–Kier alpha value is -1.75. The molecule has 2 rings (SSSR count). The molecular weight excluding hydrogens is 232 g/mol. The van der Waals surface area contributed by atoms with E-state index in [4.69, 9.17) is 5.73 Å². The predicted molar refractivity (Wildman–Crippen MR) is 59.5 cm³/mol. The molecule has 0 fully saturated rings. The molecule has 82 valence electrons. The van der Waals surface area contributed by atoms with Gasteiger partial charge in [-0.05, 0) is 29.1 Å². The summed E-state index contributed by atoms with van der Waals surface area (Å²) in [5.41, 5.74) is 6.10. The molecule has 2 aromatic rings. The molecule has 1 heterocycles. The van der Waals surface area contributed by atoms with Gasteiger partial charge in [-0.15, -0.1) is 11.3 Å². The van der Waals surface area contributed by atoms with Gasteiger partial charge in [0.15, 0.2) is 17.9 Å². The van der Waals surface area contributed by atoms with Gasteiger partial charge in [-0.25, -0.2) is 8.78 Å². The lowest BCUT2D eigenvalue weighted by Gasteiger charge is -2.03. The average Bonchev–Trinajstić information content (AvgIpc) is 2.71. The molecule has 0 bridgehead atoms. The van der Waals surface area contributed by atoms with Gasteiger partial charge in [0.25, 0.3) is 0 Å². The quantitative estimate of drug-likeness (QED) is 0.646. The van der Waals surface area contributed by atoms with Gasteiger partial charge < -0.3 is 5.73 Å². The molecular formula is C11H7F2NOS. The van der Waals surface area contributed by atoms with Crippen molar-refractivity contribution in [2.45, 2.75) is 0 Å². The Kier molecular flexibility index (Phi) is 2.70. The number of hydrogen-bond donors (Lipinski definition) is 1. The van der Waals surface area contributed by atoms with Crippen molar-refractivity contribution in [3.05, 3.63) is 40.1 Å². The standard InChI is InChI=1S/C11H7F2NOS/c12-10-3-7(14)2-9(11(10)13)6-1-8(4-15)16-5-6/h1-5H,14H2. The van der Waals surface area contributed by atoms with Crippen molar-refractivity contribution >= 4 is 23.3 Å². The maximum atomic E-state index is 13.5. The monoisotopic (exact) mass is 239 g/mol. The van der Waals surface area contributed by atoms with Crippen molar-refractivity contribution in [3.63, 3.8) is 0 Å². The largest absolute Gasteiger partial charge is 0.399 e. The SMILES string of the molecule is Nc1cc(F)c(F)c(-c2csc(C=O)c2)c1. The summed E-state index contributed by atoms with van der Waals surface area (Å²) in [6, 6.07) is 3.76. The van der Waals surface area contributed by atoms with Crippen molar-refractivity contribution in [3.8, 4) is 11.1 Å². The number of rotatable bonds is 2. The molecule has 0 aliphatic carbocycles. The van der Waals surface area contributed by atoms with E-state index in [0.717, 1.165) is 6.07 Å². The number of hydrogen-bond acceptors (Lipinski definition) is 3.